The molecule has 0 aliphatic carbocycles. The number of aromatic amines is 1. The number of pyridine rings is 1. The zero-order valence-electron chi connectivity index (χ0n) is 12.9. The Bertz CT molecular complexity index is 746. The number of furan rings is 1. The van der Waals surface area contributed by atoms with Crippen molar-refractivity contribution in [1.82, 2.24) is 9.88 Å². The van der Waals surface area contributed by atoms with Crippen molar-refractivity contribution in [2.45, 2.75) is 26.3 Å². The molecular formula is C16H18N2O5. The molecule has 0 atom stereocenters. The van der Waals surface area contributed by atoms with Crippen molar-refractivity contribution >= 4 is 11.9 Å². The third-order valence-electron chi connectivity index (χ3n) is 3.38. The number of hydrogen-bond acceptors (Lipinski definition) is 4. The number of aliphatic carboxylic acids is 1. The average Bonchev–Trinajstić information content (AvgIpc) is 3.00. The fourth-order valence-corrected chi connectivity index (χ4v) is 2.18. The fraction of sp³-hybridized carbons (Fsp3) is 0.312. The predicted molar refractivity (Wildman–Crippen MR) is 83.2 cm³/mol. The van der Waals surface area contributed by atoms with Crippen LogP contribution in [0, 0.1) is 0 Å². The van der Waals surface area contributed by atoms with Crippen molar-refractivity contribution in [3.63, 3.8) is 0 Å². The second kappa shape index (κ2) is 6.95. The maximum absolute atomic E-state index is 12.5. The highest BCUT2D eigenvalue weighted by Gasteiger charge is 2.22. The van der Waals surface area contributed by atoms with Crippen LogP contribution >= 0.6 is 0 Å². The van der Waals surface area contributed by atoms with Gasteiger partial charge in [0, 0.05) is 12.6 Å². The lowest BCUT2D eigenvalue weighted by atomic mass is 10.1. The Balaban J connectivity index is 2.27. The molecule has 0 saturated heterocycles. The Kier molecular flexibility index (Phi) is 5.00. The first-order chi connectivity index (χ1) is 10.9. The van der Waals surface area contributed by atoms with Crippen LogP contribution in [0.5, 0.6) is 0 Å². The van der Waals surface area contributed by atoms with Gasteiger partial charge in [-0.25, -0.2) is 0 Å². The zero-order chi connectivity index (χ0) is 17.0. The Hall–Kier alpha value is -2.83. The van der Waals surface area contributed by atoms with Crippen molar-refractivity contribution in [2.75, 3.05) is 6.54 Å². The van der Waals surface area contributed by atoms with Crippen molar-refractivity contribution < 1.29 is 19.1 Å². The van der Waals surface area contributed by atoms with Gasteiger partial charge < -0.3 is 19.4 Å². The van der Waals surface area contributed by atoms with E-state index in [1.165, 1.54) is 17.2 Å². The fourth-order valence-electron chi connectivity index (χ4n) is 2.18. The van der Waals surface area contributed by atoms with Crippen LogP contribution in [0.15, 0.2) is 39.7 Å². The van der Waals surface area contributed by atoms with Gasteiger partial charge in [-0.1, -0.05) is 0 Å². The van der Waals surface area contributed by atoms with E-state index in [2.05, 4.69) is 4.98 Å². The monoisotopic (exact) mass is 318 g/mol. The molecule has 2 aromatic rings. The Morgan fingerprint density at radius 1 is 1.30 bits per heavy atom. The number of H-pyrrole nitrogens is 1. The number of rotatable bonds is 6. The first kappa shape index (κ1) is 16.5. The largest absolute Gasteiger partial charge is 0.481 e. The molecule has 0 saturated carbocycles. The smallest absolute Gasteiger partial charge is 0.305 e. The molecule has 2 heterocycles. The molecule has 0 fully saturated rings. The molecule has 0 aliphatic heterocycles. The Morgan fingerprint density at radius 3 is 2.57 bits per heavy atom. The topological polar surface area (TPSA) is 104 Å². The Morgan fingerprint density at radius 2 is 2.04 bits per heavy atom. The van der Waals surface area contributed by atoms with Crippen molar-refractivity contribution in [3.05, 3.63) is 46.4 Å². The van der Waals surface area contributed by atoms with Gasteiger partial charge in [-0.15, -0.1) is 0 Å². The van der Waals surface area contributed by atoms with Gasteiger partial charge in [0.15, 0.2) is 0 Å². The van der Waals surface area contributed by atoms with Gasteiger partial charge >= 0.3 is 5.97 Å². The maximum atomic E-state index is 12.5. The third kappa shape index (κ3) is 3.88. The van der Waals surface area contributed by atoms with E-state index in [4.69, 9.17) is 9.52 Å². The first-order valence-corrected chi connectivity index (χ1v) is 7.20. The number of carboxylic acids is 1. The SMILES string of the molecule is CC(C)N(CCC(=O)O)C(=O)c1ccc(-c2ccco2)[nH]c1=O. The van der Waals surface area contributed by atoms with Crippen LogP contribution in [0.25, 0.3) is 11.5 Å². The molecule has 23 heavy (non-hydrogen) atoms. The molecule has 0 bridgehead atoms. The van der Waals surface area contributed by atoms with E-state index in [0.717, 1.165) is 0 Å². The number of aromatic nitrogens is 1. The third-order valence-corrected chi connectivity index (χ3v) is 3.38. The van der Waals surface area contributed by atoms with Crippen LogP contribution in [0.3, 0.4) is 0 Å². The Labute approximate surface area is 132 Å². The minimum Gasteiger partial charge on any atom is -0.481 e. The average molecular weight is 318 g/mol. The summed E-state index contributed by atoms with van der Waals surface area (Å²) in [7, 11) is 0. The molecule has 2 aromatic heterocycles. The number of carbonyl (C=O) groups excluding carboxylic acids is 1. The van der Waals surface area contributed by atoms with E-state index < -0.39 is 17.4 Å². The second-order valence-electron chi connectivity index (χ2n) is 5.33. The summed E-state index contributed by atoms with van der Waals surface area (Å²) in [4.78, 5) is 39.4. The predicted octanol–water partition coefficient (Wildman–Crippen LogP) is 1.96. The number of carbonyl (C=O) groups is 2. The summed E-state index contributed by atoms with van der Waals surface area (Å²) in [6.07, 6.45) is 1.31. The van der Waals surface area contributed by atoms with Crippen LogP contribution in [0.2, 0.25) is 0 Å². The highest BCUT2D eigenvalue weighted by atomic mass is 16.4. The molecule has 2 N–H and O–H groups in total. The van der Waals surface area contributed by atoms with Gasteiger partial charge in [0.1, 0.15) is 11.3 Å². The summed E-state index contributed by atoms with van der Waals surface area (Å²) in [6, 6.07) is 6.18. The number of nitrogens with one attached hydrogen (secondary N) is 1. The minimum atomic E-state index is -0.995. The number of hydrogen-bond donors (Lipinski definition) is 2. The molecule has 1 amide bonds. The summed E-state index contributed by atoms with van der Waals surface area (Å²) in [6.45, 7) is 3.58. The second-order valence-corrected chi connectivity index (χ2v) is 5.33. The highest BCUT2D eigenvalue weighted by molar-refractivity contribution is 5.94. The summed E-state index contributed by atoms with van der Waals surface area (Å²) in [5.74, 6) is -0.994. The van der Waals surface area contributed by atoms with Gasteiger partial charge in [-0.05, 0) is 38.1 Å². The molecule has 2 rings (SSSR count). The number of nitrogens with zero attached hydrogens (tertiary/aromatic N) is 1. The molecule has 0 spiro atoms. The molecule has 7 nitrogen and oxygen atoms in total. The van der Waals surface area contributed by atoms with Gasteiger partial charge in [-0.2, -0.15) is 0 Å². The number of carboxylic acid groups (broad SMARTS) is 1. The molecule has 0 unspecified atom stereocenters. The molecule has 7 heteroatoms. The molecular weight excluding hydrogens is 300 g/mol. The maximum Gasteiger partial charge on any atom is 0.305 e. The van der Waals surface area contributed by atoms with Crippen molar-refractivity contribution in [2.24, 2.45) is 0 Å². The first-order valence-electron chi connectivity index (χ1n) is 7.20. The van der Waals surface area contributed by atoms with Gasteiger partial charge in [-0.3, -0.25) is 14.4 Å². The van der Waals surface area contributed by atoms with E-state index in [1.54, 1.807) is 32.0 Å². The van der Waals surface area contributed by atoms with Crippen LogP contribution in [0.4, 0.5) is 0 Å². The van der Waals surface area contributed by atoms with E-state index in [0.29, 0.717) is 11.5 Å². The molecule has 0 aromatic carbocycles. The zero-order valence-corrected chi connectivity index (χ0v) is 12.9. The van der Waals surface area contributed by atoms with Crippen LogP contribution in [0.1, 0.15) is 30.6 Å². The summed E-state index contributed by atoms with van der Waals surface area (Å²) >= 11 is 0. The van der Waals surface area contributed by atoms with E-state index in [-0.39, 0.29) is 24.6 Å². The normalized spacial score (nSPS) is 10.7. The molecule has 0 radical (unpaired) electrons. The summed E-state index contributed by atoms with van der Waals surface area (Å²) in [5, 5.41) is 8.78. The van der Waals surface area contributed by atoms with Crippen LogP contribution in [-0.4, -0.2) is 39.5 Å². The number of amides is 1. The van der Waals surface area contributed by atoms with Crippen LogP contribution < -0.4 is 5.56 Å². The quantitative estimate of drug-likeness (QED) is 0.847. The summed E-state index contributed by atoms with van der Waals surface area (Å²) < 4.78 is 5.19. The minimum absolute atomic E-state index is 0.0283. The lowest BCUT2D eigenvalue weighted by molar-refractivity contribution is -0.137. The van der Waals surface area contributed by atoms with E-state index >= 15 is 0 Å². The van der Waals surface area contributed by atoms with Crippen molar-refractivity contribution in [3.8, 4) is 11.5 Å². The highest BCUT2D eigenvalue weighted by Crippen LogP contribution is 2.16. The van der Waals surface area contributed by atoms with Crippen molar-refractivity contribution in [1.29, 1.82) is 0 Å². The molecule has 0 aliphatic rings. The summed E-state index contributed by atoms with van der Waals surface area (Å²) in [5.41, 5.74) is -0.0950. The van der Waals surface area contributed by atoms with Gasteiger partial charge in [0.05, 0.1) is 18.4 Å². The van der Waals surface area contributed by atoms with Gasteiger partial charge in [0.2, 0.25) is 0 Å². The standard InChI is InChI=1S/C16H18N2O5/c1-10(2)18(8-7-14(19)20)16(22)11-5-6-12(17-15(11)21)13-4-3-9-23-13/h3-6,9-10H,7-8H2,1-2H3,(H,17,21)(H,19,20). The lowest BCUT2D eigenvalue weighted by Crippen LogP contribution is -2.40. The molecule has 122 valence electrons. The van der Waals surface area contributed by atoms with Crippen LogP contribution in [-0.2, 0) is 4.79 Å². The lowest BCUT2D eigenvalue weighted by Gasteiger charge is -2.25. The van der Waals surface area contributed by atoms with Gasteiger partial charge in [0.25, 0.3) is 11.5 Å². The van der Waals surface area contributed by atoms with E-state index in [9.17, 15) is 14.4 Å². The van der Waals surface area contributed by atoms with E-state index in [1.807, 2.05) is 0 Å².